The number of hydrazone groups is 1. The Morgan fingerprint density at radius 2 is 1.89 bits per heavy atom. The van der Waals surface area contributed by atoms with Crippen molar-refractivity contribution in [3.63, 3.8) is 0 Å². The van der Waals surface area contributed by atoms with Gasteiger partial charge in [-0.2, -0.15) is 5.10 Å². The van der Waals surface area contributed by atoms with Crippen LogP contribution in [0.3, 0.4) is 0 Å². The molecule has 35 heavy (non-hydrogen) atoms. The van der Waals surface area contributed by atoms with Crippen molar-refractivity contribution >= 4 is 35.0 Å². The van der Waals surface area contributed by atoms with Crippen LogP contribution in [0, 0.1) is 0 Å². The molecule has 1 N–H and O–H groups in total. The SMILES string of the molecule is CCOc1ccc(-n2c(SCC(=O)N/N=C(/C)c3ccc(Cl)cc3)nnc2-c2cccnc2)cc1. The van der Waals surface area contributed by atoms with Crippen molar-refractivity contribution in [2.24, 2.45) is 5.10 Å². The highest BCUT2D eigenvalue weighted by Crippen LogP contribution is 2.28. The molecule has 10 heteroatoms. The van der Waals surface area contributed by atoms with Gasteiger partial charge in [-0.25, -0.2) is 5.43 Å². The molecule has 2 aromatic heterocycles. The molecular weight excluding hydrogens is 484 g/mol. The van der Waals surface area contributed by atoms with Crippen LogP contribution >= 0.6 is 23.4 Å². The van der Waals surface area contributed by atoms with Crippen LogP contribution in [0.15, 0.2) is 83.3 Å². The minimum atomic E-state index is -0.257. The second kappa shape index (κ2) is 11.6. The second-order valence-electron chi connectivity index (χ2n) is 7.34. The number of rotatable bonds is 9. The molecule has 0 saturated heterocycles. The van der Waals surface area contributed by atoms with E-state index < -0.39 is 0 Å². The van der Waals surface area contributed by atoms with Gasteiger partial charge in [-0.3, -0.25) is 14.3 Å². The van der Waals surface area contributed by atoms with Crippen molar-refractivity contribution in [1.82, 2.24) is 25.2 Å². The molecule has 0 spiro atoms. The maximum absolute atomic E-state index is 12.5. The van der Waals surface area contributed by atoms with E-state index in [1.165, 1.54) is 11.8 Å². The van der Waals surface area contributed by atoms with Crippen LogP contribution in [0.5, 0.6) is 5.75 Å². The molecule has 0 saturated carbocycles. The van der Waals surface area contributed by atoms with Crippen LogP contribution in [0.25, 0.3) is 17.1 Å². The lowest BCUT2D eigenvalue weighted by atomic mass is 10.1. The third kappa shape index (κ3) is 6.26. The zero-order chi connectivity index (χ0) is 24.6. The number of pyridine rings is 1. The van der Waals surface area contributed by atoms with Crippen molar-refractivity contribution in [2.45, 2.75) is 19.0 Å². The van der Waals surface area contributed by atoms with Crippen molar-refractivity contribution < 1.29 is 9.53 Å². The maximum atomic E-state index is 12.5. The van der Waals surface area contributed by atoms with Crippen molar-refractivity contribution in [3.05, 3.63) is 83.6 Å². The van der Waals surface area contributed by atoms with Crippen LogP contribution in [0.1, 0.15) is 19.4 Å². The summed E-state index contributed by atoms with van der Waals surface area (Å²) in [6, 6.07) is 18.6. The number of nitrogens with zero attached hydrogens (tertiary/aromatic N) is 5. The molecule has 4 aromatic rings. The number of nitrogens with one attached hydrogen (secondary N) is 1. The minimum Gasteiger partial charge on any atom is -0.494 e. The van der Waals surface area contributed by atoms with Crippen LogP contribution in [0.4, 0.5) is 0 Å². The van der Waals surface area contributed by atoms with Gasteiger partial charge >= 0.3 is 0 Å². The van der Waals surface area contributed by atoms with Crippen molar-refractivity contribution in [3.8, 4) is 22.8 Å². The predicted molar refractivity (Wildman–Crippen MR) is 138 cm³/mol. The first kappa shape index (κ1) is 24.4. The van der Waals surface area contributed by atoms with E-state index in [1.807, 2.05) is 66.9 Å². The van der Waals surface area contributed by atoms with Gasteiger partial charge in [0.05, 0.1) is 18.1 Å². The first-order valence-electron chi connectivity index (χ1n) is 10.9. The fourth-order valence-corrected chi connectivity index (χ4v) is 4.07. The standard InChI is InChI=1S/C25H23ClN6O2S/c1-3-34-22-12-10-21(11-13-22)32-24(19-5-4-14-27-15-19)30-31-25(32)35-16-23(33)29-28-17(2)18-6-8-20(26)9-7-18/h4-15H,3,16H2,1-2H3,(H,29,33)/b28-17-. The molecule has 0 radical (unpaired) electrons. The first-order valence-corrected chi connectivity index (χ1v) is 12.2. The number of halogens is 1. The summed E-state index contributed by atoms with van der Waals surface area (Å²) in [5.74, 6) is 1.25. The van der Waals surface area contributed by atoms with E-state index in [-0.39, 0.29) is 11.7 Å². The largest absolute Gasteiger partial charge is 0.494 e. The molecular formula is C25H23ClN6O2S. The van der Waals surface area contributed by atoms with Crippen LogP contribution < -0.4 is 10.2 Å². The number of benzene rings is 2. The Labute approximate surface area is 212 Å². The number of carbonyl (C=O) groups is 1. The van der Waals surface area contributed by atoms with E-state index in [2.05, 4.69) is 25.7 Å². The van der Waals surface area contributed by atoms with E-state index in [0.29, 0.717) is 28.3 Å². The Morgan fingerprint density at radius 1 is 1.11 bits per heavy atom. The summed E-state index contributed by atoms with van der Waals surface area (Å²) in [6.45, 7) is 4.34. The normalized spacial score (nSPS) is 11.3. The Kier molecular flexibility index (Phi) is 8.12. The quantitative estimate of drug-likeness (QED) is 0.195. The zero-order valence-electron chi connectivity index (χ0n) is 19.2. The van der Waals surface area contributed by atoms with E-state index >= 15 is 0 Å². The molecule has 4 rings (SSSR count). The number of carbonyl (C=O) groups excluding carboxylic acids is 1. The first-order chi connectivity index (χ1) is 17.0. The second-order valence-corrected chi connectivity index (χ2v) is 8.72. The highest BCUT2D eigenvalue weighted by Gasteiger charge is 2.17. The summed E-state index contributed by atoms with van der Waals surface area (Å²) in [7, 11) is 0. The zero-order valence-corrected chi connectivity index (χ0v) is 20.8. The fraction of sp³-hybridized carbons (Fsp3) is 0.160. The molecule has 2 heterocycles. The van der Waals surface area contributed by atoms with Gasteiger partial charge in [-0.05, 0) is 67.9 Å². The van der Waals surface area contributed by atoms with E-state index in [1.54, 1.807) is 24.5 Å². The summed E-state index contributed by atoms with van der Waals surface area (Å²) < 4.78 is 7.45. The molecule has 8 nitrogen and oxygen atoms in total. The van der Waals surface area contributed by atoms with Crippen LogP contribution in [0.2, 0.25) is 5.02 Å². The number of hydrogen-bond donors (Lipinski definition) is 1. The van der Waals surface area contributed by atoms with Gasteiger partial charge in [-0.1, -0.05) is 35.5 Å². The summed E-state index contributed by atoms with van der Waals surface area (Å²) in [4.78, 5) is 16.7. The van der Waals surface area contributed by atoms with E-state index in [9.17, 15) is 4.79 Å². The molecule has 0 aliphatic carbocycles. The topological polar surface area (TPSA) is 94.3 Å². The lowest BCUT2D eigenvalue weighted by Crippen LogP contribution is -2.21. The smallest absolute Gasteiger partial charge is 0.250 e. The van der Waals surface area contributed by atoms with Gasteiger partial charge in [0.2, 0.25) is 0 Å². The summed E-state index contributed by atoms with van der Waals surface area (Å²) >= 11 is 7.20. The summed E-state index contributed by atoms with van der Waals surface area (Å²) in [6.07, 6.45) is 3.43. The molecule has 0 fully saturated rings. The number of amides is 1. The monoisotopic (exact) mass is 506 g/mol. The average molecular weight is 507 g/mol. The Morgan fingerprint density at radius 3 is 2.57 bits per heavy atom. The van der Waals surface area contributed by atoms with Crippen molar-refractivity contribution in [1.29, 1.82) is 0 Å². The third-order valence-corrected chi connectivity index (χ3v) is 6.08. The molecule has 2 aromatic carbocycles. The number of aromatic nitrogens is 4. The molecule has 0 bridgehead atoms. The maximum Gasteiger partial charge on any atom is 0.250 e. The Balaban J connectivity index is 1.52. The van der Waals surface area contributed by atoms with Gasteiger partial charge in [-0.15, -0.1) is 10.2 Å². The van der Waals surface area contributed by atoms with Crippen LogP contribution in [-0.2, 0) is 4.79 Å². The van der Waals surface area contributed by atoms with Gasteiger partial charge in [0.15, 0.2) is 11.0 Å². The highest BCUT2D eigenvalue weighted by molar-refractivity contribution is 7.99. The van der Waals surface area contributed by atoms with Gasteiger partial charge in [0.25, 0.3) is 5.91 Å². The lowest BCUT2D eigenvalue weighted by Gasteiger charge is -2.11. The summed E-state index contributed by atoms with van der Waals surface area (Å²) in [5, 5.41) is 14.1. The minimum absolute atomic E-state index is 0.111. The molecule has 178 valence electrons. The highest BCUT2D eigenvalue weighted by atomic mass is 35.5. The number of ether oxygens (including phenoxy) is 1. The van der Waals surface area contributed by atoms with Gasteiger partial charge in [0.1, 0.15) is 5.75 Å². The molecule has 0 aliphatic heterocycles. The molecule has 1 amide bonds. The predicted octanol–water partition coefficient (Wildman–Crippen LogP) is 5.01. The Bertz CT molecular complexity index is 1310. The van der Waals surface area contributed by atoms with E-state index in [0.717, 1.165) is 22.6 Å². The van der Waals surface area contributed by atoms with Crippen molar-refractivity contribution in [2.75, 3.05) is 12.4 Å². The molecule has 0 aliphatic rings. The Hall–Kier alpha value is -3.69. The van der Waals surface area contributed by atoms with Crippen LogP contribution in [-0.4, -0.2) is 43.7 Å². The lowest BCUT2D eigenvalue weighted by molar-refractivity contribution is -0.118. The van der Waals surface area contributed by atoms with Gasteiger partial charge in [0, 0.05) is 28.7 Å². The van der Waals surface area contributed by atoms with E-state index in [4.69, 9.17) is 16.3 Å². The number of thioether (sulfide) groups is 1. The fourth-order valence-electron chi connectivity index (χ4n) is 3.20. The molecule has 0 atom stereocenters. The number of hydrogen-bond acceptors (Lipinski definition) is 7. The molecule has 0 unspecified atom stereocenters. The van der Waals surface area contributed by atoms with Gasteiger partial charge < -0.3 is 4.74 Å². The average Bonchev–Trinajstić information content (AvgIpc) is 3.31. The third-order valence-electron chi connectivity index (χ3n) is 4.90. The summed E-state index contributed by atoms with van der Waals surface area (Å²) in [5.41, 5.74) is 5.80.